The van der Waals surface area contributed by atoms with Crippen molar-refractivity contribution in [2.45, 2.75) is 0 Å². The number of aromatic amines is 1. The molecule has 0 saturated carbocycles. The highest BCUT2D eigenvalue weighted by molar-refractivity contribution is 6.31. The molecule has 1 fully saturated rings. The molecule has 2 aromatic rings. The second-order valence-corrected chi connectivity index (χ2v) is 4.96. The summed E-state index contributed by atoms with van der Waals surface area (Å²) in [6, 6.07) is 5.84. The normalized spacial score (nSPS) is 16.9. The van der Waals surface area contributed by atoms with Crippen LogP contribution >= 0.6 is 24.0 Å². The van der Waals surface area contributed by atoms with Crippen molar-refractivity contribution in [2.75, 3.05) is 38.1 Å². The smallest absolute Gasteiger partial charge is 0.158 e. The molecule has 2 heterocycles. The molecule has 0 radical (unpaired) electrons. The van der Waals surface area contributed by atoms with E-state index < -0.39 is 0 Å². The van der Waals surface area contributed by atoms with Gasteiger partial charge in [-0.15, -0.1) is 12.4 Å². The van der Waals surface area contributed by atoms with Crippen molar-refractivity contribution in [3.05, 3.63) is 23.2 Å². The molecule has 1 N–H and O–H groups in total. The molecule has 0 aliphatic carbocycles. The maximum atomic E-state index is 6.04. The van der Waals surface area contributed by atoms with Gasteiger partial charge >= 0.3 is 0 Å². The van der Waals surface area contributed by atoms with Crippen LogP contribution in [-0.2, 0) is 0 Å². The lowest BCUT2D eigenvalue weighted by atomic mass is 10.2. The number of aromatic nitrogens is 2. The van der Waals surface area contributed by atoms with E-state index >= 15 is 0 Å². The standard InChI is InChI=1S/C12H15ClN4.ClH/c1-16-4-6-17(7-5-16)12-10-8-9(13)2-3-11(10)14-15-12;/h2-3,8H,4-7H2,1H3,(H,14,15);1H. The van der Waals surface area contributed by atoms with Crippen molar-refractivity contribution >= 4 is 40.7 Å². The molecule has 1 saturated heterocycles. The summed E-state index contributed by atoms with van der Waals surface area (Å²) < 4.78 is 0. The Labute approximate surface area is 117 Å². The summed E-state index contributed by atoms with van der Waals surface area (Å²) in [5.74, 6) is 1.02. The van der Waals surface area contributed by atoms with E-state index in [0.717, 1.165) is 47.9 Å². The molecule has 1 aliphatic heterocycles. The van der Waals surface area contributed by atoms with Crippen molar-refractivity contribution in [1.29, 1.82) is 0 Å². The zero-order valence-electron chi connectivity index (χ0n) is 10.2. The van der Waals surface area contributed by atoms with Crippen LogP contribution in [0.25, 0.3) is 10.9 Å². The summed E-state index contributed by atoms with van der Waals surface area (Å²) >= 11 is 6.04. The first-order valence-corrected chi connectivity index (χ1v) is 6.19. The third-order valence-corrected chi connectivity index (χ3v) is 3.54. The Kier molecular flexibility index (Phi) is 4.00. The number of hydrogen-bond acceptors (Lipinski definition) is 3. The lowest BCUT2D eigenvalue weighted by molar-refractivity contribution is 0.312. The molecule has 1 aromatic heterocycles. The molecule has 6 heteroatoms. The third-order valence-electron chi connectivity index (χ3n) is 3.31. The van der Waals surface area contributed by atoms with E-state index in [2.05, 4.69) is 27.0 Å². The summed E-state index contributed by atoms with van der Waals surface area (Å²) in [7, 11) is 2.15. The fraction of sp³-hybridized carbons (Fsp3) is 0.417. The van der Waals surface area contributed by atoms with Crippen LogP contribution in [-0.4, -0.2) is 48.3 Å². The number of fused-ring (bicyclic) bond motifs is 1. The van der Waals surface area contributed by atoms with Gasteiger partial charge in [0.1, 0.15) is 0 Å². The Morgan fingerprint density at radius 3 is 2.67 bits per heavy atom. The number of piperazine rings is 1. The maximum absolute atomic E-state index is 6.04. The number of rotatable bonds is 1. The number of halogens is 2. The number of benzene rings is 1. The summed E-state index contributed by atoms with van der Waals surface area (Å²) in [5.41, 5.74) is 1.04. The molecule has 3 rings (SSSR count). The van der Waals surface area contributed by atoms with E-state index in [1.165, 1.54) is 0 Å². The molecular formula is C12H16Cl2N4. The maximum Gasteiger partial charge on any atom is 0.158 e. The first-order chi connectivity index (χ1) is 8.24. The van der Waals surface area contributed by atoms with Crippen LogP contribution < -0.4 is 4.90 Å². The average molecular weight is 287 g/mol. The van der Waals surface area contributed by atoms with Gasteiger partial charge in [-0.2, -0.15) is 5.10 Å². The van der Waals surface area contributed by atoms with Crippen LogP contribution in [0.4, 0.5) is 5.82 Å². The number of H-pyrrole nitrogens is 1. The molecule has 1 aliphatic rings. The van der Waals surface area contributed by atoms with Gasteiger partial charge in [0.15, 0.2) is 5.82 Å². The molecule has 0 spiro atoms. The number of nitrogens with one attached hydrogen (secondary N) is 1. The predicted octanol–water partition coefficient (Wildman–Crippen LogP) is 2.39. The molecule has 0 bridgehead atoms. The van der Waals surface area contributed by atoms with Gasteiger partial charge in [-0.05, 0) is 25.2 Å². The number of nitrogens with zero attached hydrogens (tertiary/aromatic N) is 3. The minimum atomic E-state index is 0. The number of likely N-dealkylation sites (N-methyl/N-ethyl adjacent to an activating group) is 1. The van der Waals surface area contributed by atoms with Crippen LogP contribution in [0, 0.1) is 0 Å². The second-order valence-electron chi connectivity index (χ2n) is 4.53. The quantitative estimate of drug-likeness (QED) is 0.874. The molecule has 4 nitrogen and oxygen atoms in total. The van der Waals surface area contributed by atoms with Crippen LogP contribution in [0.2, 0.25) is 5.02 Å². The lowest BCUT2D eigenvalue weighted by Crippen LogP contribution is -2.44. The van der Waals surface area contributed by atoms with Gasteiger partial charge in [-0.1, -0.05) is 11.6 Å². The molecule has 1 aromatic carbocycles. The van der Waals surface area contributed by atoms with Gasteiger partial charge in [0.05, 0.1) is 5.52 Å². The van der Waals surface area contributed by atoms with Crippen molar-refractivity contribution in [1.82, 2.24) is 15.1 Å². The SMILES string of the molecule is CN1CCN(c2n[nH]c3ccc(Cl)cc23)CC1.Cl. The topological polar surface area (TPSA) is 35.2 Å². The fourth-order valence-corrected chi connectivity index (χ4v) is 2.40. The van der Waals surface area contributed by atoms with E-state index in [0.29, 0.717) is 0 Å². The average Bonchev–Trinajstić information content (AvgIpc) is 2.73. The van der Waals surface area contributed by atoms with E-state index in [1.807, 2.05) is 18.2 Å². The molecular weight excluding hydrogens is 271 g/mol. The molecule has 0 amide bonds. The van der Waals surface area contributed by atoms with E-state index in [-0.39, 0.29) is 12.4 Å². The monoisotopic (exact) mass is 286 g/mol. The van der Waals surface area contributed by atoms with Crippen LogP contribution in [0.15, 0.2) is 18.2 Å². The minimum absolute atomic E-state index is 0. The largest absolute Gasteiger partial charge is 0.352 e. The second kappa shape index (κ2) is 5.34. The first-order valence-electron chi connectivity index (χ1n) is 5.81. The van der Waals surface area contributed by atoms with E-state index in [4.69, 9.17) is 11.6 Å². The highest BCUT2D eigenvalue weighted by atomic mass is 35.5. The van der Waals surface area contributed by atoms with Gasteiger partial charge in [-0.3, -0.25) is 5.10 Å². The zero-order chi connectivity index (χ0) is 11.8. The van der Waals surface area contributed by atoms with Gasteiger partial charge < -0.3 is 9.80 Å². The van der Waals surface area contributed by atoms with Crippen molar-refractivity contribution in [2.24, 2.45) is 0 Å². The molecule has 0 unspecified atom stereocenters. The summed E-state index contributed by atoms with van der Waals surface area (Å²) in [4.78, 5) is 4.65. The summed E-state index contributed by atoms with van der Waals surface area (Å²) in [5, 5.41) is 9.34. The van der Waals surface area contributed by atoms with Gasteiger partial charge in [-0.25, -0.2) is 0 Å². The first kappa shape index (κ1) is 13.5. The number of anilines is 1. The molecule has 0 atom stereocenters. The third kappa shape index (κ3) is 2.41. The van der Waals surface area contributed by atoms with Gasteiger partial charge in [0, 0.05) is 36.6 Å². The molecule has 98 valence electrons. The Bertz CT molecular complexity index is 532. The zero-order valence-corrected chi connectivity index (χ0v) is 11.8. The van der Waals surface area contributed by atoms with Crippen LogP contribution in [0.3, 0.4) is 0 Å². The van der Waals surface area contributed by atoms with E-state index in [1.54, 1.807) is 0 Å². The minimum Gasteiger partial charge on any atom is -0.352 e. The van der Waals surface area contributed by atoms with Crippen molar-refractivity contribution in [3.8, 4) is 0 Å². The highest BCUT2D eigenvalue weighted by Crippen LogP contribution is 2.27. The Hall–Kier alpha value is -0.970. The Morgan fingerprint density at radius 2 is 1.94 bits per heavy atom. The van der Waals surface area contributed by atoms with Crippen molar-refractivity contribution < 1.29 is 0 Å². The fourth-order valence-electron chi connectivity index (χ4n) is 2.23. The Balaban J connectivity index is 0.00000120. The van der Waals surface area contributed by atoms with Crippen molar-refractivity contribution in [3.63, 3.8) is 0 Å². The van der Waals surface area contributed by atoms with Crippen LogP contribution in [0.5, 0.6) is 0 Å². The van der Waals surface area contributed by atoms with Gasteiger partial charge in [0.25, 0.3) is 0 Å². The van der Waals surface area contributed by atoms with Crippen LogP contribution in [0.1, 0.15) is 0 Å². The Morgan fingerprint density at radius 1 is 1.22 bits per heavy atom. The highest BCUT2D eigenvalue weighted by Gasteiger charge is 2.18. The van der Waals surface area contributed by atoms with Gasteiger partial charge in [0.2, 0.25) is 0 Å². The lowest BCUT2D eigenvalue weighted by Gasteiger charge is -2.32. The van der Waals surface area contributed by atoms with E-state index in [9.17, 15) is 0 Å². The summed E-state index contributed by atoms with van der Waals surface area (Å²) in [6.45, 7) is 4.19. The summed E-state index contributed by atoms with van der Waals surface area (Å²) in [6.07, 6.45) is 0. The number of hydrogen-bond donors (Lipinski definition) is 1. The molecule has 18 heavy (non-hydrogen) atoms. The predicted molar refractivity (Wildman–Crippen MR) is 78.1 cm³/mol.